The van der Waals surface area contributed by atoms with E-state index in [9.17, 15) is 9.59 Å². The smallest absolute Gasteiger partial charge is 0.411 e. The number of hydrogen-bond donors (Lipinski definition) is 2. The number of halogens is 1. The van der Waals surface area contributed by atoms with Crippen molar-refractivity contribution in [1.82, 2.24) is 0 Å². The lowest BCUT2D eigenvalue weighted by molar-refractivity contribution is 0.0696. The molecule has 0 bridgehead atoms. The number of carboxylic acids is 1. The number of carbonyl (C=O) groups excluding carboxylic acids is 1. The van der Waals surface area contributed by atoms with Crippen molar-refractivity contribution in [1.29, 1.82) is 0 Å². The summed E-state index contributed by atoms with van der Waals surface area (Å²) in [7, 11) is 0. The van der Waals surface area contributed by atoms with Gasteiger partial charge in [-0.3, -0.25) is 5.32 Å². The van der Waals surface area contributed by atoms with E-state index in [0.717, 1.165) is 0 Å². The highest BCUT2D eigenvalue weighted by molar-refractivity contribution is 6.31. The van der Waals surface area contributed by atoms with Crippen LogP contribution in [0.3, 0.4) is 0 Å². The van der Waals surface area contributed by atoms with Gasteiger partial charge in [0.1, 0.15) is 0 Å². The Hall–Kier alpha value is -1.75. The van der Waals surface area contributed by atoms with Crippen molar-refractivity contribution in [3.63, 3.8) is 0 Å². The number of rotatable bonds is 3. The normalized spacial score (nSPS) is 9.62. The molecule has 16 heavy (non-hydrogen) atoms. The summed E-state index contributed by atoms with van der Waals surface area (Å²) in [6, 6.07) is 4.02. The second-order valence-corrected chi connectivity index (χ2v) is 3.32. The monoisotopic (exact) mass is 243 g/mol. The van der Waals surface area contributed by atoms with Crippen molar-refractivity contribution in [3.05, 3.63) is 28.8 Å². The third-order valence-electron chi connectivity index (χ3n) is 1.67. The summed E-state index contributed by atoms with van der Waals surface area (Å²) in [6.07, 6.45) is -0.652. The number of carboxylic acid groups (broad SMARTS) is 1. The molecule has 1 rings (SSSR count). The lowest BCUT2D eigenvalue weighted by Crippen LogP contribution is -2.13. The topological polar surface area (TPSA) is 75.6 Å². The van der Waals surface area contributed by atoms with Crippen molar-refractivity contribution in [2.75, 3.05) is 11.9 Å². The molecule has 0 aliphatic carbocycles. The van der Waals surface area contributed by atoms with Crippen LogP contribution in [0.2, 0.25) is 5.02 Å². The molecule has 0 aliphatic rings. The quantitative estimate of drug-likeness (QED) is 0.856. The van der Waals surface area contributed by atoms with Crippen molar-refractivity contribution in [2.24, 2.45) is 0 Å². The Morgan fingerprint density at radius 2 is 2.12 bits per heavy atom. The SMILES string of the molecule is CCOC(=O)Nc1cc(Cl)cc(C(=O)O)c1. The van der Waals surface area contributed by atoms with Gasteiger partial charge in [0.2, 0.25) is 0 Å². The number of ether oxygens (including phenoxy) is 1. The van der Waals surface area contributed by atoms with Crippen LogP contribution in [0.5, 0.6) is 0 Å². The van der Waals surface area contributed by atoms with Crippen LogP contribution in [-0.2, 0) is 4.74 Å². The highest BCUT2D eigenvalue weighted by atomic mass is 35.5. The Bertz CT molecular complexity index is 419. The van der Waals surface area contributed by atoms with Crippen LogP contribution in [0, 0.1) is 0 Å². The van der Waals surface area contributed by atoms with E-state index >= 15 is 0 Å². The minimum Gasteiger partial charge on any atom is -0.478 e. The Labute approximate surface area is 97.0 Å². The highest BCUT2D eigenvalue weighted by Gasteiger charge is 2.08. The summed E-state index contributed by atoms with van der Waals surface area (Å²) in [5.74, 6) is -1.12. The Morgan fingerprint density at radius 1 is 1.44 bits per heavy atom. The molecule has 1 amide bonds. The maximum Gasteiger partial charge on any atom is 0.411 e. The van der Waals surface area contributed by atoms with Crippen molar-refractivity contribution in [3.8, 4) is 0 Å². The molecular weight excluding hydrogens is 234 g/mol. The average Bonchev–Trinajstić information content (AvgIpc) is 2.16. The van der Waals surface area contributed by atoms with Gasteiger partial charge in [-0.2, -0.15) is 0 Å². The number of aromatic carboxylic acids is 1. The molecule has 0 aliphatic heterocycles. The fourth-order valence-corrected chi connectivity index (χ4v) is 1.31. The van der Waals surface area contributed by atoms with E-state index in [2.05, 4.69) is 10.1 Å². The second kappa shape index (κ2) is 5.37. The van der Waals surface area contributed by atoms with Gasteiger partial charge in [-0.05, 0) is 25.1 Å². The molecule has 0 unspecified atom stereocenters. The average molecular weight is 244 g/mol. The van der Waals surface area contributed by atoms with Gasteiger partial charge in [0.15, 0.2) is 0 Å². The number of benzene rings is 1. The number of nitrogens with one attached hydrogen (secondary N) is 1. The molecule has 0 fully saturated rings. The minimum absolute atomic E-state index is 0.000650. The predicted octanol–water partition coefficient (Wildman–Crippen LogP) is 2.61. The molecule has 0 atom stereocenters. The molecule has 1 aromatic rings. The van der Waals surface area contributed by atoms with E-state index in [1.807, 2.05) is 0 Å². The first-order valence-corrected chi connectivity index (χ1v) is 4.88. The highest BCUT2D eigenvalue weighted by Crippen LogP contribution is 2.19. The summed E-state index contributed by atoms with van der Waals surface area (Å²) in [5.41, 5.74) is 0.280. The van der Waals surface area contributed by atoms with E-state index in [1.54, 1.807) is 6.92 Å². The zero-order valence-electron chi connectivity index (χ0n) is 8.49. The minimum atomic E-state index is -1.12. The van der Waals surface area contributed by atoms with Gasteiger partial charge in [0, 0.05) is 10.7 Å². The van der Waals surface area contributed by atoms with Gasteiger partial charge >= 0.3 is 12.1 Å². The van der Waals surface area contributed by atoms with Gasteiger partial charge in [0.25, 0.3) is 0 Å². The Kier molecular flexibility index (Phi) is 4.13. The van der Waals surface area contributed by atoms with Gasteiger partial charge in [-0.25, -0.2) is 9.59 Å². The maximum absolute atomic E-state index is 11.1. The van der Waals surface area contributed by atoms with Gasteiger partial charge in [-0.15, -0.1) is 0 Å². The molecule has 2 N–H and O–H groups in total. The lowest BCUT2D eigenvalue weighted by Gasteiger charge is -2.06. The van der Waals surface area contributed by atoms with Crippen molar-refractivity contribution >= 4 is 29.4 Å². The fraction of sp³-hybridized carbons (Fsp3) is 0.200. The molecule has 0 radical (unpaired) electrons. The zero-order chi connectivity index (χ0) is 12.1. The van der Waals surface area contributed by atoms with Gasteiger partial charge in [-0.1, -0.05) is 11.6 Å². The van der Waals surface area contributed by atoms with Crippen LogP contribution in [-0.4, -0.2) is 23.8 Å². The van der Waals surface area contributed by atoms with E-state index < -0.39 is 12.1 Å². The molecular formula is C10H10ClNO4. The van der Waals surface area contributed by atoms with Crippen LogP contribution >= 0.6 is 11.6 Å². The summed E-state index contributed by atoms with van der Waals surface area (Å²) in [4.78, 5) is 21.8. The maximum atomic E-state index is 11.1. The fourth-order valence-electron chi connectivity index (χ4n) is 1.07. The third kappa shape index (κ3) is 3.43. The number of hydrogen-bond acceptors (Lipinski definition) is 3. The molecule has 0 spiro atoms. The third-order valence-corrected chi connectivity index (χ3v) is 1.88. The Morgan fingerprint density at radius 3 is 2.69 bits per heavy atom. The number of amides is 1. The summed E-state index contributed by atoms with van der Waals surface area (Å²) in [6.45, 7) is 1.90. The lowest BCUT2D eigenvalue weighted by atomic mass is 10.2. The summed E-state index contributed by atoms with van der Waals surface area (Å²) in [5, 5.41) is 11.4. The van der Waals surface area contributed by atoms with Crippen LogP contribution in [0.4, 0.5) is 10.5 Å². The first-order chi connectivity index (χ1) is 7.52. The molecule has 0 saturated heterocycles. The first kappa shape index (κ1) is 12.3. The van der Waals surface area contributed by atoms with E-state index in [0.29, 0.717) is 0 Å². The first-order valence-electron chi connectivity index (χ1n) is 4.50. The van der Waals surface area contributed by atoms with Gasteiger partial charge in [0.05, 0.1) is 12.2 Å². The van der Waals surface area contributed by atoms with E-state index in [-0.39, 0.29) is 22.9 Å². The molecule has 86 valence electrons. The molecule has 5 nitrogen and oxygen atoms in total. The van der Waals surface area contributed by atoms with Crippen LogP contribution in [0.25, 0.3) is 0 Å². The van der Waals surface area contributed by atoms with Crippen LogP contribution in [0.1, 0.15) is 17.3 Å². The Balaban J connectivity index is 2.88. The van der Waals surface area contributed by atoms with E-state index in [4.69, 9.17) is 16.7 Å². The van der Waals surface area contributed by atoms with Crippen molar-refractivity contribution < 1.29 is 19.4 Å². The second-order valence-electron chi connectivity index (χ2n) is 2.88. The predicted molar refractivity (Wildman–Crippen MR) is 59.1 cm³/mol. The van der Waals surface area contributed by atoms with E-state index in [1.165, 1.54) is 18.2 Å². The van der Waals surface area contributed by atoms with Crippen LogP contribution in [0.15, 0.2) is 18.2 Å². The molecule has 1 aromatic carbocycles. The molecule has 0 heterocycles. The molecule has 6 heteroatoms. The summed E-state index contributed by atoms with van der Waals surface area (Å²) >= 11 is 5.70. The zero-order valence-corrected chi connectivity index (χ0v) is 9.25. The number of anilines is 1. The molecule has 0 saturated carbocycles. The largest absolute Gasteiger partial charge is 0.478 e. The van der Waals surface area contributed by atoms with Gasteiger partial charge < -0.3 is 9.84 Å². The molecule has 0 aromatic heterocycles. The van der Waals surface area contributed by atoms with Crippen molar-refractivity contribution in [2.45, 2.75) is 6.92 Å². The van der Waals surface area contributed by atoms with Crippen LogP contribution < -0.4 is 5.32 Å². The summed E-state index contributed by atoms with van der Waals surface area (Å²) < 4.78 is 4.65. The number of carbonyl (C=O) groups is 2. The standard InChI is InChI=1S/C10H10ClNO4/c1-2-16-10(15)12-8-4-6(9(13)14)3-7(11)5-8/h3-5H,2H2,1H3,(H,12,15)(H,13,14).